The molecule has 0 atom stereocenters. The van der Waals surface area contributed by atoms with Gasteiger partial charge in [0.2, 0.25) is 0 Å². The Balaban J connectivity index is 1.53. The van der Waals surface area contributed by atoms with Gasteiger partial charge < -0.3 is 14.6 Å². The number of hydrogen-bond acceptors (Lipinski definition) is 5. The van der Waals surface area contributed by atoms with Crippen LogP contribution < -0.4 is 14.5 Å². The normalized spacial score (nSPS) is 14.4. The fourth-order valence-electron chi connectivity index (χ4n) is 3.40. The fourth-order valence-corrected chi connectivity index (χ4v) is 3.40. The number of aromatic carboxylic acids is 1. The Hall–Kier alpha value is -4.39. The third-order valence-electron chi connectivity index (χ3n) is 5.16. The summed E-state index contributed by atoms with van der Waals surface area (Å²) in [6.45, 7) is 2.17. The minimum atomic E-state index is -1.03. The molecule has 0 spiro atoms. The molecule has 0 aliphatic carbocycles. The number of benzene rings is 3. The summed E-state index contributed by atoms with van der Waals surface area (Å²) in [5, 5.41) is 14.7. The number of methoxy groups -OCH3 is 1. The first-order valence-electron chi connectivity index (χ1n) is 10.3. The van der Waals surface area contributed by atoms with Crippen molar-refractivity contribution in [1.29, 1.82) is 0 Å². The van der Waals surface area contributed by atoms with Gasteiger partial charge in [0.25, 0.3) is 5.91 Å². The lowest BCUT2D eigenvalue weighted by atomic mass is 10.1. The van der Waals surface area contributed by atoms with E-state index >= 15 is 0 Å². The summed E-state index contributed by atoms with van der Waals surface area (Å²) < 4.78 is 11.4. The van der Waals surface area contributed by atoms with Crippen molar-refractivity contribution in [3.05, 3.63) is 95.1 Å². The van der Waals surface area contributed by atoms with Gasteiger partial charge in [0.05, 0.1) is 29.6 Å². The molecule has 33 heavy (non-hydrogen) atoms. The summed E-state index contributed by atoms with van der Waals surface area (Å²) >= 11 is 0. The zero-order valence-corrected chi connectivity index (χ0v) is 18.2. The molecule has 3 aromatic carbocycles. The van der Waals surface area contributed by atoms with Crippen LogP contribution in [-0.2, 0) is 11.4 Å². The Morgan fingerprint density at radius 2 is 1.76 bits per heavy atom. The maximum atomic E-state index is 13.0. The van der Waals surface area contributed by atoms with E-state index in [1.807, 2.05) is 42.5 Å². The number of amides is 1. The van der Waals surface area contributed by atoms with Gasteiger partial charge in [0.15, 0.2) is 11.5 Å². The number of ether oxygens (including phenoxy) is 2. The third-order valence-corrected chi connectivity index (χ3v) is 5.16. The highest BCUT2D eigenvalue weighted by molar-refractivity contribution is 6.32. The van der Waals surface area contributed by atoms with Crippen molar-refractivity contribution < 1.29 is 24.2 Å². The molecule has 0 aromatic heterocycles. The molecule has 1 heterocycles. The van der Waals surface area contributed by atoms with Gasteiger partial charge in [0, 0.05) is 0 Å². The predicted octanol–water partition coefficient (Wildman–Crippen LogP) is 4.78. The van der Waals surface area contributed by atoms with Gasteiger partial charge in [-0.25, -0.2) is 4.79 Å². The Labute approximate surface area is 191 Å². The van der Waals surface area contributed by atoms with Gasteiger partial charge in [-0.3, -0.25) is 4.79 Å². The van der Waals surface area contributed by atoms with E-state index in [9.17, 15) is 9.59 Å². The summed E-state index contributed by atoms with van der Waals surface area (Å²) in [5.41, 5.74) is 3.45. The van der Waals surface area contributed by atoms with Crippen molar-refractivity contribution in [2.24, 2.45) is 5.10 Å². The minimum Gasteiger partial charge on any atom is -0.493 e. The molecule has 1 amide bonds. The molecule has 3 aromatic rings. The van der Waals surface area contributed by atoms with Crippen LogP contribution in [0.25, 0.3) is 6.08 Å². The van der Waals surface area contributed by atoms with Crippen LogP contribution in [0.5, 0.6) is 11.5 Å². The molecule has 0 fully saturated rings. The number of carbonyl (C=O) groups excluding carboxylic acids is 1. The molecule has 0 saturated heterocycles. The van der Waals surface area contributed by atoms with E-state index in [1.165, 1.54) is 17.1 Å². The van der Waals surface area contributed by atoms with Crippen LogP contribution in [0.2, 0.25) is 0 Å². The first-order chi connectivity index (χ1) is 16.0. The third kappa shape index (κ3) is 4.77. The lowest BCUT2D eigenvalue weighted by molar-refractivity contribution is -0.114. The van der Waals surface area contributed by atoms with E-state index in [4.69, 9.17) is 14.6 Å². The first-order valence-corrected chi connectivity index (χ1v) is 10.3. The SMILES string of the molecule is COc1cc(/C=C2/C(=O)N(c3ccc(C(=O)O)cc3)N=C2C)ccc1OCc1ccccc1. The largest absolute Gasteiger partial charge is 0.493 e. The fraction of sp³-hybridized carbons (Fsp3) is 0.115. The molecule has 0 radical (unpaired) electrons. The van der Waals surface area contributed by atoms with Crippen molar-refractivity contribution in [1.82, 2.24) is 0 Å². The Kier molecular flexibility index (Phi) is 6.22. The van der Waals surface area contributed by atoms with Gasteiger partial charge >= 0.3 is 5.97 Å². The predicted molar refractivity (Wildman–Crippen MR) is 126 cm³/mol. The number of rotatable bonds is 7. The molecular weight excluding hydrogens is 420 g/mol. The van der Waals surface area contributed by atoms with Crippen LogP contribution >= 0.6 is 0 Å². The summed E-state index contributed by atoms with van der Waals surface area (Å²) in [7, 11) is 1.57. The summed E-state index contributed by atoms with van der Waals surface area (Å²) in [6.07, 6.45) is 1.75. The van der Waals surface area contributed by atoms with E-state index in [0.29, 0.717) is 35.1 Å². The molecule has 0 bridgehead atoms. The topological polar surface area (TPSA) is 88.4 Å². The Bertz CT molecular complexity index is 1250. The van der Waals surface area contributed by atoms with Crippen molar-refractivity contribution in [2.75, 3.05) is 12.1 Å². The molecule has 0 saturated carbocycles. The van der Waals surface area contributed by atoms with E-state index in [0.717, 1.165) is 11.1 Å². The van der Waals surface area contributed by atoms with Crippen molar-refractivity contribution in [3.63, 3.8) is 0 Å². The van der Waals surface area contributed by atoms with Crippen LogP contribution in [0.15, 0.2) is 83.5 Å². The molecule has 7 nitrogen and oxygen atoms in total. The highest BCUT2D eigenvalue weighted by Crippen LogP contribution is 2.31. The number of anilines is 1. The van der Waals surface area contributed by atoms with Gasteiger partial charge in [-0.2, -0.15) is 10.1 Å². The van der Waals surface area contributed by atoms with E-state index in [1.54, 1.807) is 38.3 Å². The average Bonchev–Trinajstić information content (AvgIpc) is 3.12. The lowest BCUT2D eigenvalue weighted by Crippen LogP contribution is -2.21. The number of carbonyl (C=O) groups is 2. The van der Waals surface area contributed by atoms with Gasteiger partial charge in [-0.05, 0) is 60.5 Å². The summed E-state index contributed by atoms with van der Waals surface area (Å²) in [4.78, 5) is 24.0. The Morgan fingerprint density at radius 3 is 2.42 bits per heavy atom. The number of carboxylic acid groups (broad SMARTS) is 1. The summed E-state index contributed by atoms with van der Waals surface area (Å²) in [5.74, 6) is -0.160. The maximum Gasteiger partial charge on any atom is 0.335 e. The molecule has 1 N–H and O–H groups in total. The van der Waals surface area contributed by atoms with Gasteiger partial charge in [-0.1, -0.05) is 36.4 Å². The smallest absolute Gasteiger partial charge is 0.335 e. The van der Waals surface area contributed by atoms with Gasteiger partial charge in [0.1, 0.15) is 6.61 Å². The van der Waals surface area contributed by atoms with E-state index in [2.05, 4.69) is 5.10 Å². The zero-order chi connectivity index (χ0) is 23.4. The van der Waals surface area contributed by atoms with Crippen LogP contribution in [0.3, 0.4) is 0 Å². The lowest BCUT2D eigenvalue weighted by Gasteiger charge is -2.12. The first kappa shape index (κ1) is 21.8. The van der Waals surface area contributed by atoms with Crippen molar-refractivity contribution >= 4 is 29.4 Å². The number of nitrogens with zero attached hydrogens (tertiary/aromatic N) is 2. The van der Waals surface area contributed by atoms with E-state index < -0.39 is 5.97 Å². The van der Waals surface area contributed by atoms with Crippen LogP contribution in [0, 0.1) is 0 Å². The Morgan fingerprint density at radius 1 is 1.03 bits per heavy atom. The second-order valence-corrected chi connectivity index (χ2v) is 7.40. The van der Waals surface area contributed by atoms with Crippen LogP contribution in [-0.4, -0.2) is 29.8 Å². The monoisotopic (exact) mass is 442 g/mol. The number of hydrogen-bond donors (Lipinski definition) is 1. The van der Waals surface area contributed by atoms with Crippen LogP contribution in [0.1, 0.15) is 28.4 Å². The van der Waals surface area contributed by atoms with Crippen LogP contribution in [0.4, 0.5) is 5.69 Å². The quantitative estimate of drug-likeness (QED) is 0.532. The molecule has 0 unspecified atom stereocenters. The van der Waals surface area contributed by atoms with E-state index in [-0.39, 0.29) is 11.5 Å². The highest BCUT2D eigenvalue weighted by Gasteiger charge is 2.28. The standard InChI is InChI=1S/C26H22N2O5/c1-17-22(25(29)28(27-17)21-11-9-20(10-12-21)26(30)31)14-19-8-13-23(24(15-19)32-2)33-16-18-6-4-3-5-7-18/h3-15H,16H2,1-2H3,(H,30,31)/b22-14+. The minimum absolute atomic E-state index is 0.142. The van der Waals surface area contributed by atoms with Gasteiger partial charge in [-0.15, -0.1) is 0 Å². The molecule has 7 heteroatoms. The molecule has 4 rings (SSSR count). The molecule has 1 aliphatic heterocycles. The zero-order valence-electron chi connectivity index (χ0n) is 18.2. The van der Waals surface area contributed by atoms with Crippen molar-refractivity contribution in [3.8, 4) is 11.5 Å². The summed E-state index contributed by atoms with van der Waals surface area (Å²) in [6, 6.07) is 21.3. The molecule has 166 valence electrons. The number of carboxylic acids is 1. The molecular formula is C26H22N2O5. The van der Waals surface area contributed by atoms with Crippen molar-refractivity contribution in [2.45, 2.75) is 13.5 Å². The second-order valence-electron chi connectivity index (χ2n) is 7.40. The number of hydrazone groups is 1. The highest BCUT2D eigenvalue weighted by atomic mass is 16.5. The average molecular weight is 442 g/mol. The second kappa shape index (κ2) is 9.40. The molecule has 1 aliphatic rings. The maximum absolute atomic E-state index is 13.0.